The summed E-state index contributed by atoms with van der Waals surface area (Å²) >= 11 is 0. The zero-order valence-corrected chi connectivity index (χ0v) is 12.6. The van der Waals surface area contributed by atoms with Crippen molar-refractivity contribution < 1.29 is 4.79 Å². The minimum absolute atomic E-state index is 0.117. The van der Waals surface area contributed by atoms with Crippen LogP contribution < -0.4 is 10.6 Å². The van der Waals surface area contributed by atoms with E-state index in [9.17, 15) is 4.79 Å². The molecule has 1 aromatic rings. The third kappa shape index (κ3) is 4.20. The molecule has 1 fully saturated rings. The Morgan fingerprint density at radius 3 is 3.00 bits per heavy atom. The van der Waals surface area contributed by atoms with Gasteiger partial charge in [-0.1, -0.05) is 6.07 Å². The van der Waals surface area contributed by atoms with E-state index >= 15 is 0 Å². The van der Waals surface area contributed by atoms with Gasteiger partial charge in [0.1, 0.15) is 0 Å². The fourth-order valence-electron chi connectivity index (χ4n) is 2.54. The summed E-state index contributed by atoms with van der Waals surface area (Å²) in [5, 5.41) is 15.2. The number of nitrogens with zero attached hydrogens (tertiary/aromatic N) is 2. The van der Waals surface area contributed by atoms with Crippen molar-refractivity contribution in [3.8, 4) is 6.07 Å². The predicted octanol–water partition coefficient (Wildman–Crippen LogP) is 2.55. The molecule has 0 aromatic heterocycles. The molecule has 0 aliphatic carbocycles. The van der Waals surface area contributed by atoms with Gasteiger partial charge in [-0.3, -0.25) is 0 Å². The molecule has 112 valence electrons. The van der Waals surface area contributed by atoms with Crippen molar-refractivity contribution in [3.05, 3.63) is 29.8 Å². The van der Waals surface area contributed by atoms with E-state index in [-0.39, 0.29) is 12.1 Å². The van der Waals surface area contributed by atoms with Gasteiger partial charge >= 0.3 is 6.03 Å². The van der Waals surface area contributed by atoms with Crippen molar-refractivity contribution in [2.24, 2.45) is 0 Å². The highest BCUT2D eigenvalue weighted by atomic mass is 16.2. The molecule has 1 aliphatic heterocycles. The number of urea groups is 1. The van der Waals surface area contributed by atoms with Crippen LogP contribution in [0.15, 0.2) is 24.3 Å². The Kier molecular flexibility index (Phi) is 5.18. The van der Waals surface area contributed by atoms with Crippen LogP contribution in [0.3, 0.4) is 0 Å². The summed E-state index contributed by atoms with van der Waals surface area (Å²) in [5.41, 5.74) is 1.20. The molecule has 1 atom stereocenters. The molecule has 1 unspecified atom stereocenters. The van der Waals surface area contributed by atoms with Gasteiger partial charge in [0, 0.05) is 24.3 Å². The van der Waals surface area contributed by atoms with Crippen molar-refractivity contribution in [1.82, 2.24) is 10.2 Å². The number of carbonyl (C=O) groups excluding carboxylic acids is 1. The van der Waals surface area contributed by atoms with Crippen molar-refractivity contribution in [1.29, 1.82) is 5.26 Å². The largest absolute Gasteiger partial charge is 0.322 e. The van der Waals surface area contributed by atoms with Crippen molar-refractivity contribution in [2.45, 2.75) is 38.8 Å². The Labute approximate surface area is 125 Å². The Bertz CT molecular complexity index is 529. The summed E-state index contributed by atoms with van der Waals surface area (Å²) in [6.07, 6.45) is 2.28. The van der Waals surface area contributed by atoms with Crippen LogP contribution in [-0.4, -0.2) is 36.1 Å². The monoisotopic (exact) mass is 286 g/mol. The molecule has 1 aromatic carbocycles. The number of hydrogen-bond donors (Lipinski definition) is 2. The number of nitriles is 1. The molecule has 2 rings (SSSR count). The van der Waals surface area contributed by atoms with Crippen LogP contribution >= 0.6 is 0 Å². The van der Waals surface area contributed by atoms with E-state index in [1.807, 2.05) is 18.7 Å². The number of hydrogen-bond acceptors (Lipinski definition) is 3. The van der Waals surface area contributed by atoms with Gasteiger partial charge in [0.2, 0.25) is 0 Å². The van der Waals surface area contributed by atoms with Gasteiger partial charge in [-0.15, -0.1) is 0 Å². The summed E-state index contributed by atoms with van der Waals surface area (Å²) < 4.78 is 0. The molecule has 5 heteroatoms. The number of amides is 2. The minimum atomic E-state index is -0.117. The highest BCUT2D eigenvalue weighted by Gasteiger charge is 2.23. The topological polar surface area (TPSA) is 68.2 Å². The van der Waals surface area contributed by atoms with E-state index in [0.717, 1.165) is 13.0 Å². The lowest BCUT2D eigenvalue weighted by Crippen LogP contribution is -2.46. The minimum Gasteiger partial charge on any atom is -0.321 e. The van der Waals surface area contributed by atoms with Crippen molar-refractivity contribution in [3.63, 3.8) is 0 Å². The number of anilines is 1. The average Bonchev–Trinajstić information content (AvgIpc) is 2.97. The lowest BCUT2D eigenvalue weighted by Gasteiger charge is -2.29. The zero-order valence-electron chi connectivity index (χ0n) is 12.6. The zero-order chi connectivity index (χ0) is 15.2. The molecule has 5 nitrogen and oxygen atoms in total. The second kappa shape index (κ2) is 7.09. The number of nitrogens with one attached hydrogen (secondary N) is 2. The quantitative estimate of drug-likeness (QED) is 0.893. The number of carbonyl (C=O) groups is 1. The Hall–Kier alpha value is -2.06. The first-order valence-corrected chi connectivity index (χ1v) is 7.41. The first kappa shape index (κ1) is 15.3. The fraction of sp³-hybridized carbons (Fsp3) is 0.500. The van der Waals surface area contributed by atoms with Gasteiger partial charge in [-0.2, -0.15) is 5.26 Å². The van der Waals surface area contributed by atoms with Gasteiger partial charge < -0.3 is 15.5 Å². The molecule has 1 heterocycles. The first-order valence-electron chi connectivity index (χ1n) is 7.41. The molecule has 21 heavy (non-hydrogen) atoms. The van der Waals surface area contributed by atoms with Crippen LogP contribution in [0.5, 0.6) is 0 Å². The van der Waals surface area contributed by atoms with Gasteiger partial charge in [0.15, 0.2) is 0 Å². The maximum absolute atomic E-state index is 12.4. The van der Waals surface area contributed by atoms with E-state index in [1.165, 1.54) is 6.42 Å². The molecule has 2 amide bonds. The average molecular weight is 286 g/mol. The van der Waals surface area contributed by atoms with Crippen LogP contribution in [0.25, 0.3) is 0 Å². The Balaban J connectivity index is 2.02. The third-order valence-electron chi connectivity index (χ3n) is 3.71. The third-order valence-corrected chi connectivity index (χ3v) is 3.71. The number of benzene rings is 1. The van der Waals surface area contributed by atoms with E-state index in [0.29, 0.717) is 23.8 Å². The Morgan fingerprint density at radius 2 is 2.38 bits per heavy atom. The molecule has 0 spiro atoms. The van der Waals surface area contributed by atoms with Crippen molar-refractivity contribution >= 4 is 11.7 Å². The smallest absolute Gasteiger partial charge is 0.321 e. The molecule has 2 N–H and O–H groups in total. The lowest BCUT2D eigenvalue weighted by atomic mass is 10.2. The van der Waals surface area contributed by atoms with Crippen LogP contribution in [0.1, 0.15) is 32.3 Å². The van der Waals surface area contributed by atoms with Crippen molar-refractivity contribution in [2.75, 3.05) is 18.4 Å². The predicted molar refractivity (Wildman–Crippen MR) is 83.0 cm³/mol. The van der Waals surface area contributed by atoms with Crippen LogP contribution in [0.4, 0.5) is 10.5 Å². The van der Waals surface area contributed by atoms with Gasteiger partial charge in [-0.05, 0) is 51.4 Å². The van der Waals surface area contributed by atoms with E-state index in [2.05, 4.69) is 16.7 Å². The van der Waals surface area contributed by atoms with E-state index < -0.39 is 0 Å². The van der Waals surface area contributed by atoms with Crippen LogP contribution in [-0.2, 0) is 0 Å². The maximum atomic E-state index is 12.4. The normalized spacial score (nSPS) is 17.5. The van der Waals surface area contributed by atoms with Crippen LogP contribution in [0, 0.1) is 11.3 Å². The summed E-state index contributed by atoms with van der Waals surface area (Å²) in [6, 6.07) is 9.44. The highest BCUT2D eigenvalue weighted by molar-refractivity contribution is 5.89. The molecule has 1 saturated heterocycles. The van der Waals surface area contributed by atoms with Gasteiger partial charge in [0.25, 0.3) is 0 Å². The van der Waals surface area contributed by atoms with E-state index in [4.69, 9.17) is 5.26 Å². The molecule has 0 bridgehead atoms. The molecule has 0 radical (unpaired) electrons. The molecular weight excluding hydrogens is 264 g/mol. The first-order chi connectivity index (χ1) is 10.1. The lowest BCUT2D eigenvalue weighted by molar-refractivity contribution is 0.190. The summed E-state index contributed by atoms with van der Waals surface area (Å²) in [4.78, 5) is 14.3. The second-order valence-corrected chi connectivity index (χ2v) is 5.66. The molecular formula is C16H22N4O. The number of rotatable bonds is 4. The fourth-order valence-corrected chi connectivity index (χ4v) is 2.54. The van der Waals surface area contributed by atoms with Gasteiger partial charge in [0.05, 0.1) is 11.6 Å². The molecule has 1 aliphatic rings. The van der Waals surface area contributed by atoms with Gasteiger partial charge in [-0.25, -0.2) is 4.79 Å². The molecule has 0 saturated carbocycles. The summed E-state index contributed by atoms with van der Waals surface area (Å²) in [5.74, 6) is 0. The standard InChI is InChI=1S/C16H22N4O/c1-12(2)20(11-15-7-4-8-18-15)16(21)19-14-6-3-5-13(9-14)10-17/h3,5-6,9,12,15,18H,4,7-8,11H2,1-2H3,(H,19,21). The summed E-state index contributed by atoms with van der Waals surface area (Å²) in [6.45, 7) is 5.77. The van der Waals surface area contributed by atoms with E-state index in [1.54, 1.807) is 24.3 Å². The summed E-state index contributed by atoms with van der Waals surface area (Å²) in [7, 11) is 0. The highest BCUT2D eigenvalue weighted by Crippen LogP contribution is 2.14. The second-order valence-electron chi connectivity index (χ2n) is 5.66. The maximum Gasteiger partial charge on any atom is 0.322 e. The Morgan fingerprint density at radius 1 is 1.57 bits per heavy atom. The SMILES string of the molecule is CC(C)N(CC1CCCN1)C(=O)Nc1cccc(C#N)c1. The van der Waals surface area contributed by atoms with Crippen LogP contribution in [0.2, 0.25) is 0 Å².